The fraction of sp³-hybridized carbons (Fsp3) is 0.250. The van der Waals surface area contributed by atoms with Gasteiger partial charge in [0.15, 0.2) is 0 Å². The molecule has 0 atom stereocenters. The Labute approximate surface area is 94.9 Å². The Kier molecular flexibility index (Phi) is 3.68. The van der Waals surface area contributed by atoms with Gasteiger partial charge in [-0.3, -0.25) is 5.21 Å². The molecule has 1 rings (SSSR count). The van der Waals surface area contributed by atoms with Crippen molar-refractivity contribution in [3.05, 3.63) is 42.5 Å². The second kappa shape index (κ2) is 4.81. The van der Waals surface area contributed by atoms with Crippen LogP contribution in [0.1, 0.15) is 19.4 Å². The molecule has 1 aromatic rings. The van der Waals surface area contributed by atoms with Gasteiger partial charge in [-0.25, -0.2) is 10.3 Å². The van der Waals surface area contributed by atoms with E-state index in [9.17, 15) is 4.79 Å². The van der Waals surface area contributed by atoms with E-state index in [-0.39, 0.29) is 0 Å². The smallest absolute Gasteiger partial charge is 0.327 e. The van der Waals surface area contributed by atoms with E-state index >= 15 is 0 Å². The molecule has 0 radical (unpaired) electrons. The molecule has 0 saturated carbocycles. The van der Waals surface area contributed by atoms with Gasteiger partial charge in [-0.1, -0.05) is 36.9 Å². The first-order valence-corrected chi connectivity index (χ1v) is 4.94. The Morgan fingerprint density at radius 1 is 1.31 bits per heavy atom. The summed E-state index contributed by atoms with van der Waals surface area (Å²) in [6.07, 6.45) is 0. The minimum absolute atomic E-state index is 0.631. The number of amides is 2. The maximum Gasteiger partial charge on any atom is 0.339 e. The van der Waals surface area contributed by atoms with Gasteiger partial charge in [0.25, 0.3) is 0 Å². The Balaban J connectivity index is 2.84. The van der Waals surface area contributed by atoms with Crippen molar-refractivity contribution in [3.63, 3.8) is 0 Å². The first-order valence-electron chi connectivity index (χ1n) is 4.94. The van der Waals surface area contributed by atoms with Crippen molar-refractivity contribution in [2.24, 2.45) is 0 Å². The molecule has 0 heterocycles. The number of urea groups is 1. The lowest BCUT2D eigenvalue weighted by Gasteiger charge is -2.28. The average Bonchev–Trinajstić information content (AvgIpc) is 2.28. The zero-order chi connectivity index (χ0) is 12.2. The molecule has 0 aliphatic carbocycles. The summed E-state index contributed by atoms with van der Waals surface area (Å²) in [7, 11) is 0. The van der Waals surface area contributed by atoms with E-state index in [2.05, 4.69) is 11.9 Å². The summed E-state index contributed by atoms with van der Waals surface area (Å²) in [5.74, 6) is 0. The van der Waals surface area contributed by atoms with Crippen LogP contribution in [0.4, 0.5) is 4.79 Å². The van der Waals surface area contributed by atoms with Crippen molar-refractivity contribution in [2.75, 3.05) is 0 Å². The topological polar surface area (TPSA) is 61.4 Å². The normalized spacial score (nSPS) is 10.7. The number of hydrogen-bond donors (Lipinski definition) is 3. The fourth-order valence-electron chi connectivity index (χ4n) is 1.39. The SMILES string of the molecule is C=C(c1ccccc1)C(C)(C)NC(=O)NO. The summed E-state index contributed by atoms with van der Waals surface area (Å²) in [6.45, 7) is 7.59. The van der Waals surface area contributed by atoms with Crippen LogP contribution in [0, 0.1) is 0 Å². The first kappa shape index (κ1) is 12.3. The monoisotopic (exact) mass is 220 g/mol. The van der Waals surface area contributed by atoms with Crippen LogP contribution >= 0.6 is 0 Å². The number of hydroxylamine groups is 1. The molecule has 0 aliphatic heterocycles. The van der Waals surface area contributed by atoms with Crippen LogP contribution in [0.25, 0.3) is 5.57 Å². The van der Waals surface area contributed by atoms with Gasteiger partial charge in [0.1, 0.15) is 0 Å². The van der Waals surface area contributed by atoms with Crippen LogP contribution in [0.3, 0.4) is 0 Å². The van der Waals surface area contributed by atoms with Gasteiger partial charge >= 0.3 is 6.03 Å². The van der Waals surface area contributed by atoms with Crippen molar-refractivity contribution >= 4 is 11.6 Å². The summed E-state index contributed by atoms with van der Waals surface area (Å²) in [5, 5.41) is 11.1. The number of hydrogen-bond acceptors (Lipinski definition) is 2. The summed E-state index contributed by atoms with van der Waals surface area (Å²) in [6, 6.07) is 8.91. The fourth-order valence-corrected chi connectivity index (χ4v) is 1.39. The first-order chi connectivity index (χ1) is 7.47. The van der Waals surface area contributed by atoms with Crippen LogP contribution in [0.5, 0.6) is 0 Å². The summed E-state index contributed by atoms with van der Waals surface area (Å²) in [5.41, 5.74) is 2.63. The van der Waals surface area contributed by atoms with Crippen molar-refractivity contribution in [1.82, 2.24) is 10.8 Å². The minimum Gasteiger partial charge on any atom is -0.327 e. The van der Waals surface area contributed by atoms with Gasteiger partial charge in [-0.15, -0.1) is 0 Å². The summed E-state index contributed by atoms with van der Waals surface area (Å²) in [4.78, 5) is 11.0. The van der Waals surface area contributed by atoms with E-state index in [0.717, 1.165) is 11.1 Å². The third-order valence-corrected chi connectivity index (χ3v) is 2.40. The molecule has 0 unspecified atom stereocenters. The molecule has 1 aromatic carbocycles. The van der Waals surface area contributed by atoms with Gasteiger partial charge in [-0.2, -0.15) is 0 Å². The van der Waals surface area contributed by atoms with Gasteiger partial charge < -0.3 is 5.32 Å². The van der Waals surface area contributed by atoms with Crippen molar-refractivity contribution < 1.29 is 10.0 Å². The highest BCUT2D eigenvalue weighted by atomic mass is 16.5. The number of benzene rings is 1. The Bertz CT molecular complexity index is 385. The molecule has 4 nitrogen and oxygen atoms in total. The standard InChI is InChI=1S/C12H16N2O2/c1-9(10-7-5-4-6-8-10)12(2,3)13-11(15)14-16/h4-8,16H,1H2,2-3H3,(H2,13,14,15). The van der Waals surface area contributed by atoms with E-state index in [1.54, 1.807) is 0 Å². The van der Waals surface area contributed by atoms with Gasteiger partial charge in [-0.05, 0) is 25.0 Å². The number of carbonyl (C=O) groups is 1. The van der Waals surface area contributed by atoms with Gasteiger partial charge in [0.05, 0.1) is 5.54 Å². The van der Waals surface area contributed by atoms with Crippen molar-refractivity contribution in [3.8, 4) is 0 Å². The molecule has 86 valence electrons. The maximum absolute atomic E-state index is 11.0. The lowest BCUT2D eigenvalue weighted by molar-refractivity contribution is 0.157. The van der Waals surface area contributed by atoms with Crippen LogP contribution in [-0.2, 0) is 0 Å². The number of carbonyl (C=O) groups excluding carboxylic acids is 1. The molecule has 0 bridgehead atoms. The van der Waals surface area contributed by atoms with E-state index < -0.39 is 11.6 Å². The largest absolute Gasteiger partial charge is 0.339 e. The zero-order valence-corrected chi connectivity index (χ0v) is 9.45. The Morgan fingerprint density at radius 2 is 1.88 bits per heavy atom. The Hall–Kier alpha value is -1.81. The average molecular weight is 220 g/mol. The van der Waals surface area contributed by atoms with E-state index in [0.29, 0.717) is 0 Å². The van der Waals surface area contributed by atoms with Crippen LogP contribution in [0.15, 0.2) is 36.9 Å². The maximum atomic E-state index is 11.0. The molecule has 0 aliphatic rings. The second-order valence-corrected chi connectivity index (χ2v) is 4.04. The third-order valence-electron chi connectivity index (χ3n) is 2.40. The molecule has 16 heavy (non-hydrogen) atoms. The lowest BCUT2D eigenvalue weighted by atomic mass is 9.90. The Morgan fingerprint density at radius 3 is 2.38 bits per heavy atom. The van der Waals surface area contributed by atoms with Crippen molar-refractivity contribution in [2.45, 2.75) is 19.4 Å². The van der Waals surface area contributed by atoms with E-state index in [4.69, 9.17) is 5.21 Å². The molecule has 0 saturated heterocycles. The van der Waals surface area contributed by atoms with Crippen molar-refractivity contribution in [1.29, 1.82) is 0 Å². The molecule has 2 amide bonds. The highest BCUT2D eigenvalue weighted by molar-refractivity contribution is 5.79. The van der Waals surface area contributed by atoms with E-state index in [1.807, 2.05) is 44.2 Å². The van der Waals surface area contributed by atoms with Crippen LogP contribution in [-0.4, -0.2) is 16.8 Å². The van der Waals surface area contributed by atoms with Gasteiger partial charge in [0.2, 0.25) is 0 Å². The second-order valence-electron chi connectivity index (χ2n) is 4.04. The van der Waals surface area contributed by atoms with Crippen LogP contribution < -0.4 is 10.8 Å². The molecular weight excluding hydrogens is 204 g/mol. The highest BCUT2D eigenvalue weighted by Crippen LogP contribution is 2.24. The minimum atomic E-state index is -0.651. The molecule has 3 N–H and O–H groups in total. The molecular formula is C12H16N2O2. The summed E-state index contributed by atoms with van der Waals surface area (Å²) < 4.78 is 0. The predicted octanol–water partition coefficient (Wildman–Crippen LogP) is 2.17. The molecule has 4 heteroatoms. The lowest BCUT2D eigenvalue weighted by Crippen LogP contribution is -2.48. The molecule has 0 spiro atoms. The van der Waals surface area contributed by atoms with E-state index in [1.165, 1.54) is 5.48 Å². The quantitative estimate of drug-likeness (QED) is 0.540. The number of rotatable bonds is 3. The zero-order valence-electron chi connectivity index (χ0n) is 9.45. The molecule has 0 fully saturated rings. The predicted molar refractivity (Wildman–Crippen MR) is 63.0 cm³/mol. The third kappa shape index (κ3) is 2.84. The van der Waals surface area contributed by atoms with Crippen LogP contribution in [0.2, 0.25) is 0 Å². The van der Waals surface area contributed by atoms with Gasteiger partial charge in [0, 0.05) is 0 Å². The number of nitrogens with one attached hydrogen (secondary N) is 2. The highest BCUT2D eigenvalue weighted by Gasteiger charge is 2.24. The summed E-state index contributed by atoms with van der Waals surface area (Å²) >= 11 is 0. The molecule has 0 aromatic heterocycles.